The van der Waals surface area contributed by atoms with Crippen LogP contribution in [0, 0.1) is 0 Å². The Morgan fingerprint density at radius 3 is 2.59 bits per heavy atom. The number of fused-ring (bicyclic) bond motifs is 1. The normalized spacial score (nSPS) is 11.3. The monoisotopic (exact) mass is 442 g/mol. The summed E-state index contributed by atoms with van der Waals surface area (Å²) in [5.74, 6) is 0.118. The summed E-state index contributed by atoms with van der Waals surface area (Å²) in [4.78, 5) is 16.7. The highest BCUT2D eigenvalue weighted by molar-refractivity contribution is 6.35. The van der Waals surface area contributed by atoms with Gasteiger partial charge in [-0.3, -0.25) is 4.79 Å². The highest BCUT2D eigenvalue weighted by Crippen LogP contribution is 2.30. The zero-order valence-electron chi connectivity index (χ0n) is 14.8. The van der Waals surface area contributed by atoms with Crippen LogP contribution in [0.2, 0.25) is 15.1 Å². The van der Waals surface area contributed by atoms with E-state index in [0.29, 0.717) is 48.9 Å². The van der Waals surface area contributed by atoms with E-state index in [-0.39, 0.29) is 5.91 Å². The molecule has 0 aliphatic heterocycles. The summed E-state index contributed by atoms with van der Waals surface area (Å²) in [5, 5.41) is 4.35. The Kier molecular flexibility index (Phi) is 5.58. The molecule has 4 aromatic rings. The number of nitrogens with one attached hydrogen (secondary N) is 1. The van der Waals surface area contributed by atoms with E-state index in [1.54, 1.807) is 48.5 Å². The Bertz CT molecular complexity index is 1250. The maximum Gasteiger partial charge on any atom is 0.248 e. The van der Waals surface area contributed by atoms with Crippen molar-refractivity contribution in [3.63, 3.8) is 0 Å². The summed E-state index contributed by atoms with van der Waals surface area (Å²) in [6.45, 7) is 0. The molecule has 0 fully saturated rings. The van der Waals surface area contributed by atoms with Crippen molar-refractivity contribution in [2.45, 2.75) is 0 Å². The Morgan fingerprint density at radius 1 is 0.966 bits per heavy atom. The van der Waals surface area contributed by atoms with Crippen molar-refractivity contribution < 1.29 is 9.21 Å². The maximum atomic E-state index is 12.2. The van der Waals surface area contributed by atoms with E-state index in [1.807, 2.05) is 18.2 Å². The molecule has 0 saturated carbocycles. The van der Waals surface area contributed by atoms with E-state index >= 15 is 0 Å². The molecule has 0 radical (unpaired) electrons. The molecule has 0 aliphatic carbocycles. The number of hydrogen-bond acceptors (Lipinski definition) is 3. The van der Waals surface area contributed by atoms with Gasteiger partial charge in [-0.25, -0.2) is 4.98 Å². The minimum atomic E-state index is -0.304. The lowest BCUT2D eigenvalue weighted by atomic mass is 10.2. The number of carbonyl (C=O) groups is 1. The third-order valence-corrected chi connectivity index (χ3v) is 5.03. The highest BCUT2D eigenvalue weighted by Gasteiger charge is 2.12. The van der Waals surface area contributed by atoms with Crippen LogP contribution in [0.15, 0.2) is 71.2 Å². The van der Waals surface area contributed by atoms with Gasteiger partial charge in [-0.05, 0) is 48.0 Å². The molecule has 0 spiro atoms. The van der Waals surface area contributed by atoms with Gasteiger partial charge >= 0.3 is 0 Å². The Balaban J connectivity index is 1.53. The van der Waals surface area contributed by atoms with E-state index in [2.05, 4.69) is 10.3 Å². The summed E-state index contributed by atoms with van der Waals surface area (Å²) < 4.78 is 5.82. The van der Waals surface area contributed by atoms with Crippen LogP contribution >= 0.6 is 34.8 Å². The van der Waals surface area contributed by atoms with Gasteiger partial charge in [0, 0.05) is 27.9 Å². The maximum absolute atomic E-state index is 12.2. The van der Waals surface area contributed by atoms with Crippen LogP contribution in [0.5, 0.6) is 0 Å². The molecule has 3 aromatic carbocycles. The fraction of sp³-hybridized carbons (Fsp3) is 0. The molecule has 0 aliphatic rings. The summed E-state index contributed by atoms with van der Waals surface area (Å²) in [6.07, 6.45) is 3.02. The number of hydrogen-bond donors (Lipinski definition) is 1. The van der Waals surface area contributed by atoms with Gasteiger partial charge in [0.05, 0.1) is 10.6 Å². The average Bonchev–Trinajstić information content (AvgIpc) is 3.10. The van der Waals surface area contributed by atoms with Crippen molar-refractivity contribution in [2.24, 2.45) is 0 Å². The van der Waals surface area contributed by atoms with Crippen molar-refractivity contribution >= 4 is 63.6 Å². The van der Waals surface area contributed by atoms with Gasteiger partial charge in [0.25, 0.3) is 0 Å². The molecule has 1 aromatic heterocycles. The van der Waals surface area contributed by atoms with Crippen molar-refractivity contribution in [3.05, 3.63) is 87.4 Å². The zero-order chi connectivity index (χ0) is 20.4. The first-order valence-corrected chi connectivity index (χ1v) is 9.72. The molecule has 4 nitrogen and oxygen atoms in total. The van der Waals surface area contributed by atoms with Gasteiger partial charge in [-0.1, -0.05) is 53.0 Å². The lowest BCUT2D eigenvalue weighted by Crippen LogP contribution is -2.07. The average molecular weight is 444 g/mol. The molecule has 7 heteroatoms. The fourth-order valence-corrected chi connectivity index (χ4v) is 3.43. The lowest BCUT2D eigenvalue weighted by molar-refractivity contribution is -0.111. The first-order chi connectivity index (χ1) is 14.0. The molecular formula is C22H13Cl3N2O2. The number of anilines is 1. The molecule has 144 valence electrons. The second-order valence-corrected chi connectivity index (χ2v) is 7.42. The van der Waals surface area contributed by atoms with Crippen molar-refractivity contribution in [3.8, 4) is 11.5 Å². The molecule has 0 saturated heterocycles. The molecule has 0 unspecified atom stereocenters. The van der Waals surface area contributed by atoms with Crippen molar-refractivity contribution in [1.29, 1.82) is 0 Å². The van der Waals surface area contributed by atoms with E-state index in [9.17, 15) is 4.79 Å². The van der Waals surface area contributed by atoms with Crippen LogP contribution in [0.4, 0.5) is 5.69 Å². The standard InChI is InChI=1S/C22H13Cl3N2O2/c23-14-7-5-13(18(25)11-14)6-10-21(28)26-15-8-9-19-20(12-15)29-22(27-19)16-3-1-2-4-17(16)24/h1-12H,(H,26,28)/b10-6+. The topological polar surface area (TPSA) is 55.1 Å². The number of amides is 1. The number of nitrogens with zero attached hydrogens (tertiary/aromatic N) is 1. The Morgan fingerprint density at radius 2 is 1.79 bits per heavy atom. The zero-order valence-corrected chi connectivity index (χ0v) is 17.1. The second-order valence-electron chi connectivity index (χ2n) is 6.17. The number of oxazole rings is 1. The Labute approximate surface area is 181 Å². The summed E-state index contributed by atoms with van der Waals surface area (Å²) in [5.41, 5.74) is 3.19. The molecule has 4 rings (SSSR count). The smallest absolute Gasteiger partial charge is 0.248 e. The summed E-state index contributed by atoms with van der Waals surface area (Å²) in [6, 6.07) is 17.6. The minimum Gasteiger partial charge on any atom is -0.436 e. The van der Waals surface area contributed by atoms with Crippen LogP contribution in [-0.2, 0) is 4.79 Å². The van der Waals surface area contributed by atoms with Gasteiger partial charge in [-0.2, -0.15) is 0 Å². The fourth-order valence-electron chi connectivity index (χ4n) is 2.74. The first kappa shape index (κ1) is 19.5. The third kappa shape index (κ3) is 4.46. The van der Waals surface area contributed by atoms with Crippen molar-refractivity contribution in [2.75, 3.05) is 5.32 Å². The second kappa shape index (κ2) is 8.29. The first-order valence-electron chi connectivity index (χ1n) is 8.59. The molecule has 1 N–H and O–H groups in total. The molecule has 0 atom stereocenters. The molecule has 0 bridgehead atoms. The lowest BCUT2D eigenvalue weighted by Gasteiger charge is -2.02. The molecule has 29 heavy (non-hydrogen) atoms. The van der Waals surface area contributed by atoms with Crippen LogP contribution in [0.25, 0.3) is 28.6 Å². The van der Waals surface area contributed by atoms with Gasteiger partial charge in [-0.15, -0.1) is 0 Å². The van der Waals surface area contributed by atoms with E-state index < -0.39 is 0 Å². The van der Waals surface area contributed by atoms with Gasteiger partial charge in [0.15, 0.2) is 5.58 Å². The van der Waals surface area contributed by atoms with Crippen LogP contribution < -0.4 is 5.32 Å². The number of rotatable bonds is 4. The summed E-state index contributed by atoms with van der Waals surface area (Å²) in [7, 11) is 0. The largest absolute Gasteiger partial charge is 0.436 e. The van der Waals surface area contributed by atoms with Crippen molar-refractivity contribution in [1.82, 2.24) is 4.98 Å². The van der Waals surface area contributed by atoms with Gasteiger partial charge in [0.2, 0.25) is 11.8 Å². The number of halogens is 3. The predicted octanol–water partition coefficient (Wildman–Crippen LogP) is 7.11. The van der Waals surface area contributed by atoms with Crippen LogP contribution in [0.3, 0.4) is 0 Å². The molecular weight excluding hydrogens is 431 g/mol. The third-order valence-electron chi connectivity index (χ3n) is 4.14. The molecule has 1 amide bonds. The van der Waals surface area contributed by atoms with E-state index in [0.717, 1.165) is 0 Å². The SMILES string of the molecule is O=C(/C=C/c1ccc(Cl)cc1Cl)Nc1ccc2nc(-c3ccccc3Cl)oc2c1. The quantitative estimate of drug-likeness (QED) is 0.342. The van der Waals surface area contributed by atoms with Gasteiger partial charge < -0.3 is 9.73 Å². The van der Waals surface area contributed by atoms with Gasteiger partial charge in [0.1, 0.15) is 5.52 Å². The number of benzene rings is 3. The molecule has 1 heterocycles. The Hall–Kier alpha value is -2.79. The minimum absolute atomic E-state index is 0.304. The summed E-state index contributed by atoms with van der Waals surface area (Å²) >= 11 is 18.2. The van der Waals surface area contributed by atoms with E-state index in [4.69, 9.17) is 39.2 Å². The number of carbonyl (C=O) groups excluding carboxylic acids is 1. The predicted molar refractivity (Wildman–Crippen MR) is 119 cm³/mol. The van der Waals surface area contributed by atoms with Crippen LogP contribution in [-0.4, -0.2) is 10.9 Å². The number of aromatic nitrogens is 1. The van der Waals surface area contributed by atoms with Crippen LogP contribution in [0.1, 0.15) is 5.56 Å². The van der Waals surface area contributed by atoms with E-state index in [1.165, 1.54) is 6.08 Å². The highest BCUT2D eigenvalue weighted by atomic mass is 35.5.